The van der Waals surface area contributed by atoms with Crippen LogP contribution in [-0.2, 0) is 0 Å². The van der Waals surface area contributed by atoms with Crippen LogP contribution in [0.25, 0.3) is 0 Å². The Hall–Kier alpha value is -0.120. The SMILES string of the molecule is CCCN1CCCC(C(C)NC2CCC(O)CC2)C1. The molecule has 2 atom stereocenters. The number of hydrogen-bond donors (Lipinski definition) is 2. The Morgan fingerprint density at radius 1 is 1.21 bits per heavy atom. The summed E-state index contributed by atoms with van der Waals surface area (Å²) in [6.07, 6.45) is 8.24. The van der Waals surface area contributed by atoms with Crippen LogP contribution in [0.5, 0.6) is 0 Å². The zero-order valence-electron chi connectivity index (χ0n) is 12.8. The fraction of sp³-hybridized carbons (Fsp3) is 1.00. The molecule has 0 aromatic carbocycles. The second-order valence-electron chi connectivity index (χ2n) is 6.66. The average molecular weight is 268 g/mol. The van der Waals surface area contributed by atoms with Crippen LogP contribution in [0.2, 0.25) is 0 Å². The van der Waals surface area contributed by atoms with Crippen LogP contribution < -0.4 is 5.32 Å². The number of rotatable bonds is 5. The zero-order chi connectivity index (χ0) is 13.7. The average Bonchev–Trinajstić information content (AvgIpc) is 2.42. The van der Waals surface area contributed by atoms with Gasteiger partial charge in [0, 0.05) is 18.6 Å². The Labute approximate surface area is 118 Å². The van der Waals surface area contributed by atoms with Gasteiger partial charge in [0.25, 0.3) is 0 Å². The second-order valence-corrected chi connectivity index (χ2v) is 6.66. The molecule has 3 nitrogen and oxygen atoms in total. The van der Waals surface area contributed by atoms with Crippen molar-refractivity contribution >= 4 is 0 Å². The molecule has 1 saturated heterocycles. The van der Waals surface area contributed by atoms with E-state index >= 15 is 0 Å². The minimum absolute atomic E-state index is 0.0388. The Balaban J connectivity index is 1.74. The van der Waals surface area contributed by atoms with E-state index in [1.165, 1.54) is 38.9 Å². The molecule has 1 aliphatic carbocycles. The molecule has 0 spiro atoms. The van der Waals surface area contributed by atoms with Gasteiger partial charge in [-0.25, -0.2) is 0 Å². The number of hydrogen-bond acceptors (Lipinski definition) is 3. The molecule has 3 heteroatoms. The minimum atomic E-state index is -0.0388. The first-order chi connectivity index (χ1) is 9.19. The molecule has 2 N–H and O–H groups in total. The number of aliphatic hydroxyl groups is 1. The predicted molar refractivity (Wildman–Crippen MR) is 80.3 cm³/mol. The van der Waals surface area contributed by atoms with Gasteiger partial charge in [-0.2, -0.15) is 0 Å². The van der Waals surface area contributed by atoms with E-state index in [0.717, 1.165) is 31.6 Å². The van der Waals surface area contributed by atoms with Gasteiger partial charge in [-0.05, 0) is 70.9 Å². The van der Waals surface area contributed by atoms with Crippen molar-refractivity contribution in [1.82, 2.24) is 10.2 Å². The van der Waals surface area contributed by atoms with E-state index in [-0.39, 0.29) is 6.10 Å². The van der Waals surface area contributed by atoms with Gasteiger partial charge in [0.05, 0.1) is 6.10 Å². The maximum absolute atomic E-state index is 9.57. The normalized spacial score (nSPS) is 35.2. The molecule has 0 amide bonds. The zero-order valence-corrected chi connectivity index (χ0v) is 12.8. The smallest absolute Gasteiger partial charge is 0.0541 e. The van der Waals surface area contributed by atoms with Gasteiger partial charge < -0.3 is 15.3 Å². The first kappa shape index (κ1) is 15.3. The summed E-state index contributed by atoms with van der Waals surface area (Å²) in [6, 6.07) is 1.26. The van der Waals surface area contributed by atoms with E-state index in [0.29, 0.717) is 12.1 Å². The highest BCUT2D eigenvalue weighted by Crippen LogP contribution is 2.23. The van der Waals surface area contributed by atoms with Crippen molar-refractivity contribution in [2.45, 2.75) is 77.0 Å². The fourth-order valence-electron chi connectivity index (χ4n) is 3.77. The highest BCUT2D eigenvalue weighted by molar-refractivity contribution is 4.85. The molecule has 2 fully saturated rings. The summed E-state index contributed by atoms with van der Waals surface area (Å²) < 4.78 is 0. The van der Waals surface area contributed by atoms with Gasteiger partial charge in [-0.1, -0.05) is 6.92 Å². The van der Waals surface area contributed by atoms with Crippen molar-refractivity contribution in [3.63, 3.8) is 0 Å². The van der Waals surface area contributed by atoms with E-state index in [2.05, 4.69) is 24.1 Å². The third-order valence-corrected chi connectivity index (χ3v) is 4.98. The molecule has 0 aromatic heterocycles. The Morgan fingerprint density at radius 2 is 1.95 bits per heavy atom. The van der Waals surface area contributed by atoms with Crippen molar-refractivity contribution in [2.75, 3.05) is 19.6 Å². The molecule has 2 unspecified atom stereocenters. The van der Waals surface area contributed by atoms with E-state index in [4.69, 9.17) is 0 Å². The molecule has 0 radical (unpaired) electrons. The lowest BCUT2D eigenvalue weighted by Gasteiger charge is -2.38. The van der Waals surface area contributed by atoms with Crippen LogP contribution in [0, 0.1) is 5.92 Å². The number of nitrogens with zero attached hydrogens (tertiary/aromatic N) is 1. The van der Waals surface area contributed by atoms with E-state index < -0.39 is 0 Å². The lowest BCUT2D eigenvalue weighted by Crippen LogP contribution is -2.48. The van der Waals surface area contributed by atoms with Crippen LogP contribution in [-0.4, -0.2) is 47.8 Å². The van der Waals surface area contributed by atoms with Crippen LogP contribution in [0.3, 0.4) is 0 Å². The van der Waals surface area contributed by atoms with E-state index in [1.54, 1.807) is 0 Å². The van der Waals surface area contributed by atoms with Gasteiger partial charge >= 0.3 is 0 Å². The Bertz CT molecular complexity index is 249. The topological polar surface area (TPSA) is 35.5 Å². The number of piperidine rings is 1. The molecule has 1 heterocycles. The van der Waals surface area contributed by atoms with Gasteiger partial charge in [-0.3, -0.25) is 0 Å². The van der Waals surface area contributed by atoms with Crippen molar-refractivity contribution in [2.24, 2.45) is 5.92 Å². The third-order valence-electron chi connectivity index (χ3n) is 4.98. The molecule has 19 heavy (non-hydrogen) atoms. The van der Waals surface area contributed by atoms with Crippen molar-refractivity contribution in [1.29, 1.82) is 0 Å². The van der Waals surface area contributed by atoms with Crippen molar-refractivity contribution < 1.29 is 5.11 Å². The Kier molecular flexibility index (Phi) is 6.11. The lowest BCUT2D eigenvalue weighted by molar-refractivity contribution is 0.104. The van der Waals surface area contributed by atoms with E-state index in [1.807, 2.05) is 0 Å². The Morgan fingerprint density at radius 3 is 2.63 bits per heavy atom. The van der Waals surface area contributed by atoms with Crippen molar-refractivity contribution in [3.05, 3.63) is 0 Å². The number of aliphatic hydroxyl groups excluding tert-OH is 1. The molecular formula is C16H32N2O. The summed E-state index contributed by atoms with van der Waals surface area (Å²) in [5, 5.41) is 13.4. The largest absolute Gasteiger partial charge is 0.393 e. The van der Waals surface area contributed by atoms with E-state index in [9.17, 15) is 5.11 Å². The summed E-state index contributed by atoms with van der Waals surface area (Å²) in [5.74, 6) is 0.812. The molecule has 112 valence electrons. The van der Waals surface area contributed by atoms with Gasteiger partial charge in [0.2, 0.25) is 0 Å². The first-order valence-electron chi connectivity index (χ1n) is 8.35. The summed E-state index contributed by atoms with van der Waals surface area (Å²) in [6.45, 7) is 8.48. The van der Waals surface area contributed by atoms with Crippen LogP contribution in [0.15, 0.2) is 0 Å². The van der Waals surface area contributed by atoms with Gasteiger partial charge in [0.1, 0.15) is 0 Å². The molecular weight excluding hydrogens is 236 g/mol. The maximum Gasteiger partial charge on any atom is 0.0541 e. The number of likely N-dealkylation sites (tertiary alicyclic amines) is 1. The predicted octanol–water partition coefficient (Wildman–Crippen LogP) is 2.39. The molecule has 0 aromatic rings. The summed E-state index contributed by atoms with van der Waals surface area (Å²) in [7, 11) is 0. The fourth-order valence-corrected chi connectivity index (χ4v) is 3.77. The standard InChI is InChI=1S/C16H32N2O/c1-3-10-18-11-4-5-14(12-18)13(2)17-15-6-8-16(19)9-7-15/h13-17,19H,3-12H2,1-2H3. The van der Waals surface area contributed by atoms with Crippen LogP contribution >= 0.6 is 0 Å². The number of nitrogens with one attached hydrogen (secondary N) is 1. The second kappa shape index (κ2) is 7.61. The summed E-state index contributed by atoms with van der Waals surface area (Å²) in [4.78, 5) is 2.64. The van der Waals surface area contributed by atoms with Crippen LogP contribution in [0.4, 0.5) is 0 Å². The molecule has 0 bridgehead atoms. The summed E-state index contributed by atoms with van der Waals surface area (Å²) >= 11 is 0. The minimum Gasteiger partial charge on any atom is -0.393 e. The third kappa shape index (κ3) is 4.73. The van der Waals surface area contributed by atoms with Crippen molar-refractivity contribution in [3.8, 4) is 0 Å². The van der Waals surface area contributed by atoms with Crippen LogP contribution in [0.1, 0.15) is 58.8 Å². The highest BCUT2D eigenvalue weighted by atomic mass is 16.3. The quantitative estimate of drug-likeness (QED) is 0.803. The monoisotopic (exact) mass is 268 g/mol. The summed E-state index contributed by atoms with van der Waals surface area (Å²) in [5.41, 5.74) is 0. The maximum atomic E-state index is 9.57. The lowest BCUT2D eigenvalue weighted by atomic mass is 9.88. The highest BCUT2D eigenvalue weighted by Gasteiger charge is 2.27. The molecule has 1 aliphatic heterocycles. The molecule has 1 saturated carbocycles. The van der Waals surface area contributed by atoms with Gasteiger partial charge in [0.15, 0.2) is 0 Å². The first-order valence-corrected chi connectivity index (χ1v) is 8.35. The molecule has 2 rings (SSSR count). The molecule has 2 aliphatic rings. The van der Waals surface area contributed by atoms with Gasteiger partial charge in [-0.15, -0.1) is 0 Å².